The summed E-state index contributed by atoms with van der Waals surface area (Å²) in [6, 6.07) is -0.588. The molecule has 64 valence electrons. The van der Waals surface area contributed by atoms with E-state index in [-0.39, 0.29) is 0 Å². The van der Waals surface area contributed by atoms with Crippen LogP contribution in [0.15, 0.2) is 0 Å². The molecule has 0 radical (unpaired) electrons. The maximum absolute atomic E-state index is 10.4. The number of carbonyl (C=O) groups is 1. The van der Waals surface area contributed by atoms with Crippen LogP contribution in [-0.2, 0) is 4.79 Å². The van der Waals surface area contributed by atoms with Crippen LogP contribution in [0.5, 0.6) is 0 Å². The van der Waals surface area contributed by atoms with E-state index in [1.807, 2.05) is 0 Å². The quantitative estimate of drug-likeness (QED) is 0.526. The van der Waals surface area contributed by atoms with Crippen LogP contribution in [0, 0.1) is 0 Å². The summed E-state index contributed by atoms with van der Waals surface area (Å²) in [5.41, 5.74) is 0. The van der Waals surface area contributed by atoms with Crippen LogP contribution in [0.1, 0.15) is 13.3 Å². The molecular formula is C6H12N2O2S. The summed E-state index contributed by atoms with van der Waals surface area (Å²) in [6.07, 6.45) is 0.511. The van der Waals surface area contributed by atoms with Gasteiger partial charge in [0.05, 0.1) is 0 Å². The topological polar surface area (TPSA) is 61.4 Å². The lowest BCUT2D eigenvalue weighted by atomic mass is 10.2. The fourth-order valence-electron chi connectivity index (χ4n) is 0.569. The molecule has 1 unspecified atom stereocenters. The minimum Gasteiger partial charge on any atom is -0.480 e. The molecule has 0 aliphatic heterocycles. The van der Waals surface area contributed by atoms with Crippen molar-refractivity contribution in [3.8, 4) is 0 Å². The molecule has 0 fully saturated rings. The van der Waals surface area contributed by atoms with Crippen molar-refractivity contribution in [2.24, 2.45) is 0 Å². The van der Waals surface area contributed by atoms with Crippen LogP contribution in [0.3, 0.4) is 0 Å². The van der Waals surface area contributed by atoms with Crippen LogP contribution in [-0.4, -0.2) is 29.3 Å². The van der Waals surface area contributed by atoms with Crippen molar-refractivity contribution in [2.45, 2.75) is 19.4 Å². The molecule has 3 N–H and O–H groups in total. The van der Waals surface area contributed by atoms with E-state index in [0.29, 0.717) is 11.5 Å². The molecule has 0 aromatic rings. The molecule has 1 atom stereocenters. The number of carboxylic acids is 1. The van der Waals surface area contributed by atoms with Gasteiger partial charge in [0.15, 0.2) is 5.11 Å². The summed E-state index contributed by atoms with van der Waals surface area (Å²) in [5, 5.41) is 14.2. The number of hydrogen-bond donors (Lipinski definition) is 3. The third-order valence-electron chi connectivity index (χ3n) is 1.24. The number of rotatable bonds is 3. The molecule has 0 rings (SSSR count). The smallest absolute Gasteiger partial charge is 0.326 e. The van der Waals surface area contributed by atoms with Gasteiger partial charge < -0.3 is 15.7 Å². The number of carboxylic acid groups (broad SMARTS) is 1. The van der Waals surface area contributed by atoms with Gasteiger partial charge in [0, 0.05) is 7.05 Å². The molecule has 0 aliphatic carbocycles. The molecule has 0 aliphatic rings. The average molecular weight is 176 g/mol. The van der Waals surface area contributed by atoms with E-state index >= 15 is 0 Å². The first-order valence-corrected chi connectivity index (χ1v) is 3.73. The predicted octanol–water partition coefficient (Wildman–Crippen LogP) is -0.0565. The molecule has 0 amide bonds. The standard InChI is InChI=1S/C6H12N2O2S/c1-3-4(5(9)10)8-6(11)7-2/h4H,3H2,1-2H3,(H,9,10)(H2,7,8,11). The lowest BCUT2D eigenvalue weighted by molar-refractivity contribution is -0.139. The molecule has 0 spiro atoms. The van der Waals surface area contributed by atoms with E-state index in [1.165, 1.54) is 0 Å². The van der Waals surface area contributed by atoms with Gasteiger partial charge in [0.2, 0.25) is 0 Å². The Kier molecular flexibility index (Phi) is 4.52. The van der Waals surface area contributed by atoms with E-state index in [1.54, 1.807) is 14.0 Å². The summed E-state index contributed by atoms with van der Waals surface area (Å²) in [4.78, 5) is 10.4. The third kappa shape index (κ3) is 3.77. The Morgan fingerprint density at radius 2 is 2.27 bits per heavy atom. The van der Waals surface area contributed by atoms with Gasteiger partial charge in [-0.1, -0.05) is 6.92 Å². The fourth-order valence-corrected chi connectivity index (χ4v) is 0.711. The normalized spacial score (nSPS) is 11.8. The Hall–Kier alpha value is -0.840. The van der Waals surface area contributed by atoms with Crippen LogP contribution in [0.2, 0.25) is 0 Å². The van der Waals surface area contributed by atoms with E-state index in [2.05, 4.69) is 10.6 Å². The van der Waals surface area contributed by atoms with Gasteiger partial charge in [-0.05, 0) is 18.6 Å². The largest absolute Gasteiger partial charge is 0.480 e. The van der Waals surface area contributed by atoms with E-state index in [0.717, 1.165) is 0 Å². The lowest BCUT2D eigenvalue weighted by Gasteiger charge is -2.13. The highest BCUT2D eigenvalue weighted by molar-refractivity contribution is 7.80. The molecule has 0 aromatic carbocycles. The predicted molar refractivity (Wildman–Crippen MR) is 46.5 cm³/mol. The minimum absolute atomic E-state index is 0.360. The summed E-state index contributed by atoms with van der Waals surface area (Å²) >= 11 is 4.73. The first kappa shape index (κ1) is 10.2. The third-order valence-corrected chi connectivity index (χ3v) is 1.56. The molecule has 0 bridgehead atoms. The number of thiocarbonyl (C=S) groups is 1. The van der Waals surface area contributed by atoms with Gasteiger partial charge in [-0.25, -0.2) is 4.79 Å². The van der Waals surface area contributed by atoms with Crippen LogP contribution in [0.25, 0.3) is 0 Å². The summed E-state index contributed by atoms with van der Waals surface area (Å²) in [5.74, 6) is -0.884. The highest BCUT2D eigenvalue weighted by Crippen LogP contribution is 1.89. The Labute approximate surface area is 71.0 Å². The van der Waals surface area contributed by atoms with Crippen LogP contribution >= 0.6 is 12.2 Å². The zero-order valence-corrected chi connectivity index (χ0v) is 7.36. The van der Waals surface area contributed by atoms with Crippen molar-refractivity contribution < 1.29 is 9.90 Å². The number of aliphatic carboxylic acids is 1. The van der Waals surface area contributed by atoms with Crippen molar-refractivity contribution in [1.29, 1.82) is 0 Å². The summed E-state index contributed by atoms with van der Waals surface area (Å²) < 4.78 is 0. The van der Waals surface area contributed by atoms with Crippen LogP contribution < -0.4 is 10.6 Å². The highest BCUT2D eigenvalue weighted by atomic mass is 32.1. The summed E-state index contributed by atoms with van der Waals surface area (Å²) in [6.45, 7) is 1.78. The Morgan fingerprint density at radius 3 is 2.55 bits per heavy atom. The lowest BCUT2D eigenvalue weighted by Crippen LogP contribution is -2.44. The van der Waals surface area contributed by atoms with Crippen molar-refractivity contribution in [3.05, 3.63) is 0 Å². The zero-order valence-electron chi connectivity index (χ0n) is 6.55. The first-order chi connectivity index (χ1) is 5.11. The van der Waals surface area contributed by atoms with E-state index in [9.17, 15) is 4.79 Å². The zero-order chi connectivity index (χ0) is 8.85. The second kappa shape index (κ2) is 4.90. The number of nitrogens with one attached hydrogen (secondary N) is 2. The highest BCUT2D eigenvalue weighted by Gasteiger charge is 2.14. The van der Waals surface area contributed by atoms with Gasteiger partial charge in [0.25, 0.3) is 0 Å². The molecular weight excluding hydrogens is 164 g/mol. The van der Waals surface area contributed by atoms with Crippen molar-refractivity contribution in [3.63, 3.8) is 0 Å². The molecule has 0 saturated heterocycles. The number of hydrogen-bond acceptors (Lipinski definition) is 2. The Morgan fingerprint density at radius 1 is 1.73 bits per heavy atom. The van der Waals surface area contributed by atoms with Gasteiger partial charge in [-0.15, -0.1) is 0 Å². The second-order valence-electron chi connectivity index (χ2n) is 2.02. The maximum atomic E-state index is 10.4. The van der Waals surface area contributed by atoms with Gasteiger partial charge in [-0.3, -0.25) is 0 Å². The molecule has 0 heterocycles. The first-order valence-electron chi connectivity index (χ1n) is 3.32. The summed E-state index contributed by atoms with van der Waals surface area (Å²) in [7, 11) is 1.64. The monoisotopic (exact) mass is 176 g/mol. The SMILES string of the molecule is CCC(NC(=S)NC)C(=O)O. The molecule has 0 saturated carbocycles. The Bertz CT molecular complexity index is 161. The van der Waals surface area contributed by atoms with E-state index in [4.69, 9.17) is 17.3 Å². The molecule has 5 heteroatoms. The average Bonchev–Trinajstić information content (AvgIpc) is 1.99. The fraction of sp³-hybridized carbons (Fsp3) is 0.667. The van der Waals surface area contributed by atoms with Gasteiger partial charge >= 0.3 is 5.97 Å². The van der Waals surface area contributed by atoms with Crippen molar-refractivity contribution in [1.82, 2.24) is 10.6 Å². The minimum atomic E-state index is -0.884. The molecule has 0 aromatic heterocycles. The second-order valence-corrected chi connectivity index (χ2v) is 2.43. The maximum Gasteiger partial charge on any atom is 0.326 e. The molecule has 11 heavy (non-hydrogen) atoms. The van der Waals surface area contributed by atoms with Crippen molar-refractivity contribution >= 4 is 23.3 Å². The Balaban J connectivity index is 3.88. The van der Waals surface area contributed by atoms with Gasteiger partial charge in [0.1, 0.15) is 6.04 Å². The van der Waals surface area contributed by atoms with Crippen molar-refractivity contribution in [2.75, 3.05) is 7.05 Å². The van der Waals surface area contributed by atoms with E-state index < -0.39 is 12.0 Å². The molecule has 4 nitrogen and oxygen atoms in total. The van der Waals surface area contributed by atoms with Crippen LogP contribution in [0.4, 0.5) is 0 Å². The van der Waals surface area contributed by atoms with Gasteiger partial charge in [-0.2, -0.15) is 0 Å².